The van der Waals surface area contributed by atoms with Gasteiger partial charge in [-0.15, -0.1) is 11.3 Å². The maximum absolute atomic E-state index is 13.2. The van der Waals surface area contributed by atoms with Gasteiger partial charge in [0.25, 0.3) is 0 Å². The number of pyridine rings is 1. The van der Waals surface area contributed by atoms with Crippen molar-refractivity contribution >= 4 is 31.2 Å². The molecule has 3 rings (SSSR count). The number of sulfone groups is 1. The number of nitrogens with zero attached hydrogens (tertiary/aromatic N) is 1. The molecular weight excluding hydrogens is 404 g/mol. The Labute approximate surface area is 162 Å². The van der Waals surface area contributed by atoms with Crippen LogP contribution in [0.15, 0.2) is 75.4 Å². The largest absolute Gasteiger partial charge is 0.264 e. The van der Waals surface area contributed by atoms with Gasteiger partial charge in [-0.1, -0.05) is 29.8 Å². The van der Waals surface area contributed by atoms with E-state index < -0.39 is 25.1 Å². The molecule has 0 aliphatic rings. The van der Waals surface area contributed by atoms with E-state index in [1.807, 2.05) is 6.92 Å². The van der Waals surface area contributed by atoms with Crippen molar-refractivity contribution in [2.45, 2.75) is 21.3 Å². The van der Waals surface area contributed by atoms with Gasteiger partial charge < -0.3 is 0 Å². The van der Waals surface area contributed by atoms with E-state index in [9.17, 15) is 16.8 Å². The molecule has 2 aromatic heterocycles. The molecule has 1 aromatic carbocycles. The highest BCUT2D eigenvalue weighted by atomic mass is 32.2. The van der Waals surface area contributed by atoms with Crippen LogP contribution in [0.3, 0.4) is 0 Å². The molecule has 0 spiro atoms. The van der Waals surface area contributed by atoms with Gasteiger partial charge in [-0.05, 0) is 42.1 Å². The molecule has 0 aliphatic heterocycles. The lowest BCUT2D eigenvalue weighted by atomic mass is 10.2. The highest BCUT2D eigenvalue weighted by Crippen LogP contribution is 2.29. The van der Waals surface area contributed by atoms with Gasteiger partial charge in [0.05, 0.1) is 4.90 Å². The van der Waals surface area contributed by atoms with Crippen molar-refractivity contribution in [2.24, 2.45) is 0 Å². The maximum Gasteiger partial charge on any atom is 0.250 e. The second-order valence-corrected chi connectivity index (χ2v) is 11.0. The van der Waals surface area contributed by atoms with Crippen LogP contribution in [-0.4, -0.2) is 28.4 Å². The summed E-state index contributed by atoms with van der Waals surface area (Å²) in [7, 11) is -7.61. The molecule has 9 heteroatoms. The van der Waals surface area contributed by atoms with Crippen molar-refractivity contribution in [2.75, 3.05) is 6.54 Å². The Morgan fingerprint density at radius 1 is 1.04 bits per heavy atom. The molecule has 0 radical (unpaired) electrons. The molecule has 1 unspecified atom stereocenters. The molecule has 0 aliphatic carbocycles. The van der Waals surface area contributed by atoms with E-state index >= 15 is 0 Å². The fraction of sp³-hybridized carbons (Fsp3) is 0.167. The van der Waals surface area contributed by atoms with E-state index in [2.05, 4.69) is 9.71 Å². The minimum atomic E-state index is -3.83. The summed E-state index contributed by atoms with van der Waals surface area (Å²) in [6, 6.07) is 12.8. The number of aryl methyl sites for hydroxylation is 1. The van der Waals surface area contributed by atoms with Crippen LogP contribution in [0.2, 0.25) is 0 Å². The summed E-state index contributed by atoms with van der Waals surface area (Å²) in [6.07, 6.45) is 2.98. The van der Waals surface area contributed by atoms with Crippen molar-refractivity contribution in [3.63, 3.8) is 0 Å². The number of aromatic nitrogens is 1. The molecule has 0 bridgehead atoms. The fourth-order valence-corrected chi connectivity index (χ4v) is 6.37. The summed E-state index contributed by atoms with van der Waals surface area (Å²) < 4.78 is 53.8. The second-order valence-electron chi connectivity index (χ2n) is 5.92. The lowest BCUT2D eigenvalue weighted by Gasteiger charge is -2.18. The van der Waals surface area contributed by atoms with Crippen molar-refractivity contribution < 1.29 is 16.8 Å². The van der Waals surface area contributed by atoms with Crippen molar-refractivity contribution in [1.29, 1.82) is 0 Å². The number of rotatable bonds is 7. The van der Waals surface area contributed by atoms with E-state index in [-0.39, 0.29) is 15.6 Å². The van der Waals surface area contributed by atoms with Crippen LogP contribution in [-0.2, 0) is 19.9 Å². The highest BCUT2D eigenvalue weighted by Gasteiger charge is 2.31. The summed E-state index contributed by atoms with van der Waals surface area (Å²) in [6.45, 7) is 1.58. The van der Waals surface area contributed by atoms with Gasteiger partial charge >= 0.3 is 0 Å². The number of hydrogen-bond donors (Lipinski definition) is 1. The third kappa shape index (κ3) is 4.44. The summed E-state index contributed by atoms with van der Waals surface area (Å²) >= 11 is 1.07. The molecule has 1 atom stereocenters. The fourth-order valence-electron chi connectivity index (χ4n) is 2.54. The van der Waals surface area contributed by atoms with Gasteiger partial charge in [0, 0.05) is 18.9 Å². The average Bonchev–Trinajstić information content (AvgIpc) is 3.18. The SMILES string of the molecule is Cc1ccc(S(=O)(=O)C(CNS(=O)(=O)c2cccs2)c2cccnc2)cc1. The maximum atomic E-state index is 13.2. The molecule has 27 heavy (non-hydrogen) atoms. The molecule has 142 valence electrons. The van der Waals surface area contributed by atoms with Gasteiger partial charge in [0.2, 0.25) is 10.0 Å². The van der Waals surface area contributed by atoms with Gasteiger partial charge in [0.15, 0.2) is 9.84 Å². The first kappa shape index (κ1) is 19.7. The Kier molecular flexibility index (Phi) is 5.75. The average molecular weight is 423 g/mol. The van der Waals surface area contributed by atoms with E-state index in [0.29, 0.717) is 5.56 Å². The van der Waals surface area contributed by atoms with E-state index in [1.54, 1.807) is 35.7 Å². The molecule has 0 fully saturated rings. The number of sulfonamides is 1. The quantitative estimate of drug-likeness (QED) is 0.632. The molecule has 3 aromatic rings. The van der Waals surface area contributed by atoms with Crippen LogP contribution >= 0.6 is 11.3 Å². The molecule has 0 amide bonds. The number of benzene rings is 1. The van der Waals surface area contributed by atoms with E-state index in [1.165, 1.54) is 30.6 Å². The standard InChI is InChI=1S/C18H18N2O4S3/c1-14-6-8-16(9-7-14)26(21,22)17(15-4-2-10-19-12-15)13-20-27(23,24)18-5-3-11-25-18/h2-12,17,20H,13H2,1H3. The predicted molar refractivity (Wildman–Crippen MR) is 105 cm³/mol. The summed E-state index contributed by atoms with van der Waals surface area (Å²) in [5, 5.41) is 0.555. The molecular formula is C18H18N2O4S3. The van der Waals surface area contributed by atoms with Crippen LogP contribution in [0.4, 0.5) is 0 Å². The molecule has 0 saturated heterocycles. The monoisotopic (exact) mass is 422 g/mol. The number of thiophene rings is 1. The van der Waals surface area contributed by atoms with Gasteiger partial charge in [-0.3, -0.25) is 4.98 Å². The lowest BCUT2D eigenvalue weighted by Crippen LogP contribution is -2.31. The topological polar surface area (TPSA) is 93.2 Å². The van der Waals surface area contributed by atoms with Crippen molar-refractivity contribution in [3.8, 4) is 0 Å². The third-order valence-electron chi connectivity index (χ3n) is 4.00. The Hall–Kier alpha value is -2.07. The van der Waals surface area contributed by atoms with Crippen LogP contribution in [0.5, 0.6) is 0 Å². The van der Waals surface area contributed by atoms with E-state index in [4.69, 9.17) is 0 Å². The first-order valence-corrected chi connectivity index (χ1v) is 12.0. The Morgan fingerprint density at radius 2 is 1.78 bits per heavy atom. The zero-order valence-corrected chi connectivity index (χ0v) is 16.9. The summed E-state index contributed by atoms with van der Waals surface area (Å²) in [5.74, 6) is 0. The first-order valence-electron chi connectivity index (χ1n) is 8.04. The summed E-state index contributed by atoms with van der Waals surface area (Å²) in [5.41, 5.74) is 1.36. The van der Waals surface area contributed by atoms with Gasteiger partial charge in [0.1, 0.15) is 9.46 Å². The van der Waals surface area contributed by atoms with Crippen LogP contribution in [0.25, 0.3) is 0 Å². The molecule has 2 heterocycles. The van der Waals surface area contributed by atoms with Crippen LogP contribution < -0.4 is 4.72 Å². The molecule has 1 N–H and O–H groups in total. The Bertz CT molecular complexity index is 1090. The molecule has 6 nitrogen and oxygen atoms in total. The zero-order valence-electron chi connectivity index (χ0n) is 14.4. The van der Waals surface area contributed by atoms with Crippen molar-refractivity contribution in [1.82, 2.24) is 9.71 Å². The summed E-state index contributed by atoms with van der Waals surface area (Å²) in [4.78, 5) is 4.12. The number of hydrogen-bond acceptors (Lipinski definition) is 6. The lowest BCUT2D eigenvalue weighted by molar-refractivity contribution is 0.569. The Morgan fingerprint density at radius 3 is 2.37 bits per heavy atom. The van der Waals surface area contributed by atoms with Gasteiger partial charge in [-0.25, -0.2) is 21.6 Å². The normalized spacial score (nSPS) is 13.4. The Balaban J connectivity index is 1.96. The molecule has 0 saturated carbocycles. The number of nitrogens with one attached hydrogen (secondary N) is 1. The van der Waals surface area contributed by atoms with Crippen LogP contribution in [0.1, 0.15) is 16.4 Å². The van der Waals surface area contributed by atoms with Crippen molar-refractivity contribution in [3.05, 3.63) is 77.4 Å². The predicted octanol–water partition coefficient (Wildman–Crippen LogP) is 2.95. The minimum absolute atomic E-state index is 0.136. The third-order valence-corrected chi connectivity index (χ3v) is 8.94. The smallest absolute Gasteiger partial charge is 0.250 e. The van der Waals surface area contributed by atoms with E-state index in [0.717, 1.165) is 16.9 Å². The minimum Gasteiger partial charge on any atom is -0.264 e. The van der Waals surface area contributed by atoms with Crippen LogP contribution in [0, 0.1) is 6.92 Å². The second kappa shape index (κ2) is 7.89. The highest BCUT2D eigenvalue weighted by molar-refractivity contribution is 7.92. The first-order chi connectivity index (χ1) is 12.8. The van der Waals surface area contributed by atoms with Gasteiger partial charge in [-0.2, -0.15) is 0 Å². The zero-order chi connectivity index (χ0) is 19.5.